The maximum absolute atomic E-state index is 13.2. The molecule has 0 unspecified atom stereocenters. The Kier molecular flexibility index (Phi) is 3.93. The van der Waals surface area contributed by atoms with Gasteiger partial charge in [0.25, 0.3) is 9.84 Å². The second-order valence-corrected chi connectivity index (χ2v) is 6.90. The molecule has 102 valence electrons. The van der Waals surface area contributed by atoms with Gasteiger partial charge in [-0.05, 0) is 12.1 Å². The van der Waals surface area contributed by atoms with Gasteiger partial charge in [-0.3, -0.25) is 0 Å². The van der Waals surface area contributed by atoms with Crippen LogP contribution < -0.4 is 4.18 Å². The van der Waals surface area contributed by atoms with Crippen molar-refractivity contribution in [1.82, 2.24) is 0 Å². The smallest absolute Gasteiger partial charge is 0.380 e. The number of aliphatic hydroxyl groups is 1. The van der Waals surface area contributed by atoms with Crippen molar-refractivity contribution in [2.45, 2.75) is 4.59 Å². The van der Waals surface area contributed by atoms with E-state index in [4.69, 9.17) is 5.11 Å². The van der Waals surface area contributed by atoms with Crippen LogP contribution >= 0.6 is 0 Å². The van der Waals surface area contributed by atoms with Crippen LogP contribution in [0, 0.1) is 0 Å². The Bertz CT molecular complexity index is 608. The Balaban J connectivity index is 3.16. The molecule has 10 heteroatoms. The van der Waals surface area contributed by atoms with E-state index in [0.717, 1.165) is 12.1 Å². The van der Waals surface area contributed by atoms with E-state index < -0.39 is 36.2 Å². The Morgan fingerprint density at radius 2 is 1.61 bits per heavy atom. The molecule has 0 saturated carbocycles. The average Bonchev–Trinajstić information content (AvgIpc) is 2.29. The summed E-state index contributed by atoms with van der Waals surface area (Å²) >= 11 is 0. The van der Waals surface area contributed by atoms with Crippen LogP contribution in [0.3, 0.4) is 0 Å². The predicted octanol–water partition coefficient (Wildman–Crippen LogP) is 0.310. The van der Waals surface area contributed by atoms with Gasteiger partial charge in [-0.2, -0.15) is 17.2 Å². The molecule has 0 spiro atoms. The molecule has 0 aliphatic heterocycles. The molecule has 0 radical (unpaired) electrons. The van der Waals surface area contributed by atoms with E-state index in [-0.39, 0.29) is 0 Å². The van der Waals surface area contributed by atoms with Gasteiger partial charge in [-0.25, -0.2) is 8.42 Å². The number of alkyl halides is 2. The molecule has 0 atom stereocenters. The van der Waals surface area contributed by atoms with Crippen molar-refractivity contribution in [1.29, 1.82) is 0 Å². The minimum Gasteiger partial charge on any atom is -0.380 e. The highest BCUT2D eigenvalue weighted by Gasteiger charge is 2.59. The Morgan fingerprint density at radius 1 is 1.11 bits per heavy atom. The van der Waals surface area contributed by atoms with Crippen LogP contribution in [0.2, 0.25) is 0 Å². The van der Waals surface area contributed by atoms with Crippen molar-refractivity contribution in [2.24, 2.45) is 0 Å². The largest absolute Gasteiger partial charge is 0.483 e. The summed E-state index contributed by atoms with van der Waals surface area (Å²) in [6, 6.07) is 6.20. The van der Waals surface area contributed by atoms with Crippen molar-refractivity contribution in [3.8, 4) is 5.75 Å². The first kappa shape index (κ1) is 14.8. The number of hydrogen-bond acceptors (Lipinski definition) is 6. The highest BCUT2D eigenvalue weighted by molar-refractivity contribution is 8.07. The maximum Gasteiger partial charge on any atom is 0.483 e. The van der Waals surface area contributed by atoms with E-state index in [1.807, 2.05) is 0 Å². The van der Waals surface area contributed by atoms with Crippen LogP contribution in [-0.4, -0.2) is 32.5 Å². The highest BCUT2D eigenvalue weighted by atomic mass is 32.3. The first-order valence-electron chi connectivity index (χ1n) is 4.34. The number of para-hydroxylation sites is 1. The molecule has 0 heterocycles. The first-order valence-corrected chi connectivity index (χ1v) is 7.40. The number of aliphatic hydroxyl groups excluding tert-OH is 1. The molecule has 6 nitrogen and oxygen atoms in total. The molecule has 0 saturated heterocycles. The molecule has 0 bridgehead atoms. The van der Waals surface area contributed by atoms with Crippen LogP contribution in [0.1, 0.15) is 0 Å². The summed E-state index contributed by atoms with van der Waals surface area (Å²) in [5.74, 6) is -2.48. The zero-order valence-corrected chi connectivity index (χ0v) is 10.3. The SMILES string of the molecule is O=S(=O)(CO)C(F)(F)S(=O)(=O)Oc1ccccc1. The lowest BCUT2D eigenvalue weighted by atomic mass is 10.3. The molecule has 0 amide bonds. The summed E-state index contributed by atoms with van der Waals surface area (Å²) < 4.78 is 69.1. The lowest BCUT2D eigenvalue weighted by Gasteiger charge is -2.15. The Morgan fingerprint density at radius 3 is 2.06 bits per heavy atom. The summed E-state index contributed by atoms with van der Waals surface area (Å²) in [7, 11) is -11.3. The van der Waals surface area contributed by atoms with Crippen LogP contribution in [0.4, 0.5) is 8.78 Å². The molecule has 0 fully saturated rings. The van der Waals surface area contributed by atoms with Crippen LogP contribution in [0.5, 0.6) is 5.75 Å². The Hall–Kier alpha value is -1.26. The lowest BCUT2D eigenvalue weighted by Crippen LogP contribution is -2.41. The van der Waals surface area contributed by atoms with E-state index in [1.165, 1.54) is 18.2 Å². The van der Waals surface area contributed by atoms with Gasteiger partial charge in [-0.1, -0.05) is 18.2 Å². The van der Waals surface area contributed by atoms with Crippen molar-refractivity contribution in [3.05, 3.63) is 30.3 Å². The van der Waals surface area contributed by atoms with E-state index in [1.54, 1.807) is 0 Å². The number of sulfone groups is 1. The third-order valence-electron chi connectivity index (χ3n) is 1.77. The summed E-state index contributed by atoms with van der Waals surface area (Å²) in [5, 5.41) is 8.27. The first-order chi connectivity index (χ1) is 8.14. The summed E-state index contributed by atoms with van der Waals surface area (Å²) in [4.78, 5) is 0. The van der Waals surface area contributed by atoms with E-state index in [9.17, 15) is 25.6 Å². The van der Waals surface area contributed by atoms with Gasteiger partial charge < -0.3 is 9.29 Å². The minimum atomic E-state index is -5.76. The van der Waals surface area contributed by atoms with E-state index in [2.05, 4.69) is 4.18 Å². The quantitative estimate of drug-likeness (QED) is 0.786. The van der Waals surface area contributed by atoms with E-state index in [0.29, 0.717) is 0 Å². The summed E-state index contributed by atoms with van der Waals surface area (Å²) in [6.07, 6.45) is 0. The molecule has 1 aromatic rings. The molecule has 0 aliphatic carbocycles. The zero-order chi connectivity index (χ0) is 14.0. The third-order valence-corrected chi connectivity index (χ3v) is 5.20. The standard InChI is InChI=1S/C8H8F2O6S2/c9-8(10,17(12,13)6-11)18(14,15)16-7-4-2-1-3-5-7/h1-5,11H,6H2. The minimum absolute atomic E-state index is 0.467. The number of halogens is 2. The lowest BCUT2D eigenvalue weighted by molar-refractivity contribution is 0.163. The molecule has 1 N–H and O–H groups in total. The third kappa shape index (κ3) is 2.60. The number of benzene rings is 1. The zero-order valence-electron chi connectivity index (χ0n) is 8.65. The molecular formula is C8H8F2O6S2. The van der Waals surface area contributed by atoms with Gasteiger partial charge >= 0.3 is 14.7 Å². The van der Waals surface area contributed by atoms with Crippen molar-refractivity contribution >= 4 is 20.0 Å². The Labute approximate surface area is 102 Å². The van der Waals surface area contributed by atoms with Gasteiger partial charge in [0, 0.05) is 0 Å². The molecule has 1 rings (SSSR count). The topological polar surface area (TPSA) is 97.7 Å². The number of hydrogen-bond donors (Lipinski definition) is 1. The second-order valence-electron chi connectivity index (χ2n) is 3.06. The van der Waals surface area contributed by atoms with Gasteiger partial charge in [0.2, 0.25) is 0 Å². The second kappa shape index (κ2) is 4.78. The van der Waals surface area contributed by atoms with Crippen molar-refractivity contribution < 1.29 is 34.9 Å². The molecule has 18 heavy (non-hydrogen) atoms. The van der Waals surface area contributed by atoms with Gasteiger partial charge in [-0.15, -0.1) is 0 Å². The van der Waals surface area contributed by atoms with Crippen molar-refractivity contribution in [2.75, 3.05) is 5.94 Å². The number of rotatable bonds is 5. The maximum atomic E-state index is 13.2. The van der Waals surface area contributed by atoms with Crippen LogP contribution in [0.25, 0.3) is 0 Å². The van der Waals surface area contributed by atoms with Crippen LogP contribution in [-0.2, 0) is 20.0 Å². The fraction of sp³-hybridized carbons (Fsp3) is 0.250. The van der Waals surface area contributed by atoms with Gasteiger partial charge in [0.05, 0.1) is 0 Å². The van der Waals surface area contributed by atoms with Gasteiger partial charge in [0.1, 0.15) is 5.75 Å². The predicted molar refractivity (Wildman–Crippen MR) is 56.9 cm³/mol. The molecule has 0 aliphatic rings. The molecular weight excluding hydrogens is 294 g/mol. The average molecular weight is 302 g/mol. The molecule has 1 aromatic carbocycles. The van der Waals surface area contributed by atoms with Gasteiger partial charge in [0.15, 0.2) is 5.94 Å². The highest BCUT2D eigenvalue weighted by Crippen LogP contribution is 2.31. The fourth-order valence-electron chi connectivity index (χ4n) is 0.882. The fourth-order valence-corrected chi connectivity index (χ4v) is 3.00. The summed E-state index contributed by atoms with van der Waals surface area (Å²) in [6.45, 7) is 0. The monoisotopic (exact) mass is 302 g/mol. The van der Waals surface area contributed by atoms with Crippen LogP contribution in [0.15, 0.2) is 30.3 Å². The molecule has 0 aromatic heterocycles. The van der Waals surface area contributed by atoms with Crippen molar-refractivity contribution in [3.63, 3.8) is 0 Å². The summed E-state index contributed by atoms with van der Waals surface area (Å²) in [5.41, 5.74) is 0. The van der Waals surface area contributed by atoms with E-state index >= 15 is 0 Å². The normalized spacial score (nSPS) is 13.3.